The SMILES string of the molecule is CCCCCCCc1cc2c(cc1CCCCCCC)C1N=C2N=c2[nH]c(c3cc(CCCCCCC)c(CCCCCCC)cc23)=NC2=N/C(=N\c3[nH]c(c4cc(CCCCCCC)c(CCCCCCC)cc34)N1)c1ccc(C#Cc3ccc(CCC(C)C)cc3)cc12. The summed E-state index contributed by atoms with van der Waals surface area (Å²) in [6.45, 7) is 18.5. The predicted molar refractivity (Wildman–Crippen MR) is 408 cm³/mol. The summed E-state index contributed by atoms with van der Waals surface area (Å²) >= 11 is 0. The van der Waals surface area contributed by atoms with E-state index in [4.69, 9.17) is 25.0 Å². The zero-order valence-corrected chi connectivity index (χ0v) is 60.3. The third-order valence-electron chi connectivity index (χ3n) is 20.6. The van der Waals surface area contributed by atoms with Gasteiger partial charge in [0.25, 0.3) is 0 Å². The third-order valence-corrected chi connectivity index (χ3v) is 20.6. The fourth-order valence-corrected chi connectivity index (χ4v) is 14.8. The highest BCUT2D eigenvalue weighted by molar-refractivity contribution is 6.24. The number of benzene rings is 5. The molecule has 3 N–H and O–H groups in total. The van der Waals surface area contributed by atoms with Crippen molar-refractivity contribution >= 4 is 50.7 Å². The van der Waals surface area contributed by atoms with Crippen molar-refractivity contribution in [2.75, 3.05) is 5.32 Å². The number of H-pyrrole nitrogens is 2. The van der Waals surface area contributed by atoms with Crippen LogP contribution in [0.2, 0.25) is 0 Å². The molecule has 0 radical (unpaired) electrons. The number of fused-ring (bicyclic) bond motifs is 18. The van der Waals surface area contributed by atoms with Crippen LogP contribution in [0.5, 0.6) is 0 Å². The molecule has 10 rings (SSSR count). The Labute approximate surface area is 573 Å². The van der Waals surface area contributed by atoms with Gasteiger partial charge < -0.3 is 15.3 Å². The Bertz CT molecular complexity index is 3910. The average Bonchev–Trinajstić information content (AvgIpc) is 1.61. The number of unbranched alkanes of at least 4 members (excludes halogenated alkanes) is 24. The van der Waals surface area contributed by atoms with Crippen LogP contribution in [-0.2, 0) is 44.9 Å². The summed E-state index contributed by atoms with van der Waals surface area (Å²) in [6.07, 6.45) is 45.8. The quantitative estimate of drug-likeness (QED) is 0.0259. The lowest BCUT2D eigenvalue weighted by Gasteiger charge is -2.17. The molecule has 0 aliphatic carbocycles. The number of hydrogen-bond acceptors (Lipinski definition) is 6. The van der Waals surface area contributed by atoms with E-state index >= 15 is 0 Å². The van der Waals surface area contributed by atoms with Crippen LogP contribution in [0.4, 0.5) is 11.6 Å². The molecule has 0 saturated heterocycles. The molecule has 0 spiro atoms. The molecule has 0 saturated carbocycles. The summed E-state index contributed by atoms with van der Waals surface area (Å²) in [4.78, 5) is 36.5. The molecule has 1 atom stereocenters. The highest BCUT2D eigenvalue weighted by atomic mass is 15.2. The molecule has 7 aromatic rings. The van der Waals surface area contributed by atoms with Gasteiger partial charge in [0.2, 0.25) is 0 Å². The Morgan fingerprint density at radius 1 is 0.358 bits per heavy atom. The van der Waals surface area contributed by atoms with E-state index in [0.717, 1.165) is 123 Å². The lowest BCUT2D eigenvalue weighted by Crippen LogP contribution is -2.15. The normalized spacial score (nSPS) is 14.5. The van der Waals surface area contributed by atoms with Crippen molar-refractivity contribution in [3.05, 3.63) is 162 Å². The molecule has 0 amide bonds. The highest BCUT2D eigenvalue weighted by Gasteiger charge is 2.30. The van der Waals surface area contributed by atoms with Crippen LogP contribution in [-0.4, -0.2) is 27.5 Å². The highest BCUT2D eigenvalue weighted by Crippen LogP contribution is 2.41. The zero-order valence-electron chi connectivity index (χ0n) is 60.3. The fraction of sp³-hybridized carbons (Fsp3) is 0.552. The van der Waals surface area contributed by atoms with Gasteiger partial charge in [0.15, 0.2) is 17.5 Å². The van der Waals surface area contributed by atoms with E-state index in [1.807, 2.05) is 0 Å². The largest absolute Gasteiger partial charge is 0.346 e. The minimum Gasteiger partial charge on any atom is -0.346 e. The van der Waals surface area contributed by atoms with Gasteiger partial charge in [-0.05, 0) is 195 Å². The van der Waals surface area contributed by atoms with Crippen molar-refractivity contribution in [2.24, 2.45) is 30.9 Å². The number of aryl methyl sites for hydroxylation is 7. The van der Waals surface area contributed by atoms with Crippen LogP contribution < -0.4 is 16.3 Å². The second kappa shape index (κ2) is 37.0. The van der Waals surface area contributed by atoms with E-state index < -0.39 is 0 Å². The van der Waals surface area contributed by atoms with E-state index in [0.29, 0.717) is 17.6 Å². The minimum atomic E-state index is -0.380. The summed E-state index contributed by atoms with van der Waals surface area (Å²) in [6, 6.07) is 30.4. The van der Waals surface area contributed by atoms with Crippen molar-refractivity contribution in [1.29, 1.82) is 0 Å². The number of amidine groups is 3. The van der Waals surface area contributed by atoms with Gasteiger partial charge in [0, 0.05) is 54.9 Å². The Hall–Kier alpha value is -6.85. The summed E-state index contributed by atoms with van der Waals surface area (Å²) in [5.41, 5.74) is 17.8. The number of aromatic amines is 2. The first-order valence-corrected chi connectivity index (χ1v) is 38.9. The van der Waals surface area contributed by atoms with Gasteiger partial charge in [-0.15, -0.1) is 0 Å². The number of hydrogen-bond donors (Lipinski definition) is 3. The van der Waals surface area contributed by atoms with Crippen LogP contribution in [0, 0.1) is 17.8 Å². The molecule has 8 heteroatoms. The van der Waals surface area contributed by atoms with Gasteiger partial charge >= 0.3 is 0 Å². The number of rotatable bonds is 39. The van der Waals surface area contributed by atoms with Crippen molar-refractivity contribution in [3.8, 4) is 11.8 Å². The Morgan fingerprint density at radius 3 is 1.27 bits per heavy atom. The monoisotopic (exact) mass is 1270 g/mol. The number of anilines is 1. The molecule has 3 aliphatic rings. The van der Waals surface area contributed by atoms with Crippen molar-refractivity contribution in [1.82, 2.24) is 9.97 Å². The summed E-state index contributed by atoms with van der Waals surface area (Å²) in [5, 5.41) is 8.59. The second-order valence-electron chi connectivity index (χ2n) is 28.9. The average molecular weight is 1280 g/mol. The molecule has 2 aromatic heterocycles. The van der Waals surface area contributed by atoms with Crippen LogP contribution in [0.15, 0.2) is 104 Å². The maximum absolute atomic E-state index is 5.83. The van der Waals surface area contributed by atoms with Crippen molar-refractivity contribution in [3.63, 3.8) is 0 Å². The van der Waals surface area contributed by atoms with E-state index in [9.17, 15) is 0 Å². The van der Waals surface area contributed by atoms with E-state index in [1.54, 1.807) is 0 Å². The van der Waals surface area contributed by atoms with Crippen LogP contribution in [0.3, 0.4) is 0 Å². The molecule has 3 aliphatic heterocycles. The lowest BCUT2D eigenvalue weighted by molar-refractivity contribution is 0.587. The van der Waals surface area contributed by atoms with Gasteiger partial charge in [-0.25, -0.2) is 25.0 Å². The molecule has 0 fully saturated rings. The minimum absolute atomic E-state index is 0.380. The molecule has 5 aromatic carbocycles. The van der Waals surface area contributed by atoms with Gasteiger partial charge in [-0.1, -0.05) is 240 Å². The third kappa shape index (κ3) is 19.5. The molecule has 8 bridgehead atoms. The van der Waals surface area contributed by atoms with Gasteiger partial charge in [-0.2, -0.15) is 0 Å². The Balaban J connectivity index is 1.20. The summed E-state index contributed by atoms with van der Waals surface area (Å²) in [5.74, 6) is 11.6. The van der Waals surface area contributed by atoms with Crippen molar-refractivity contribution in [2.45, 2.75) is 306 Å². The number of aromatic nitrogens is 2. The first-order valence-electron chi connectivity index (χ1n) is 38.9. The molecule has 8 nitrogen and oxygen atoms in total. The van der Waals surface area contributed by atoms with Crippen LogP contribution >= 0.6 is 0 Å². The fourth-order valence-electron chi connectivity index (χ4n) is 14.8. The maximum Gasteiger partial charge on any atom is 0.164 e. The predicted octanol–water partition coefficient (Wildman–Crippen LogP) is 23.4. The molecule has 506 valence electrons. The van der Waals surface area contributed by atoms with Crippen molar-refractivity contribution < 1.29 is 0 Å². The van der Waals surface area contributed by atoms with Crippen LogP contribution in [0.25, 0.3) is 21.5 Å². The number of aliphatic imine (C=N–C) groups is 3. The second-order valence-corrected chi connectivity index (χ2v) is 28.9. The van der Waals surface area contributed by atoms with Gasteiger partial charge in [-0.3, -0.25) is 0 Å². The maximum atomic E-state index is 5.83. The topological polar surface area (TPSA) is 105 Å². The molecular weight excluding hydrogens is 1160 g/mol. The lowest BCUT2D eigenvalue weighted by atomic mass is 9.91. The van der Waals surface area contributed by atoms with Gasteiger partial charge in [0.05, 0.1) is 0 Å². The first-order chi connectivity index (χ1) is 46.7. The Morgan fingerprint density at radius 2 is 0.779 bits per heavy atom. The summed E-state index contributed by atoms with van der Waals surface area (Å²) in [7, 11) is 0. The first kappa shape index (κ1) is 70.9. The smallest absolute Gasteiger partial charge is 0.164 e. The van der Waals surface area contributed by atoms with Gasteiger partial charge in [0.1, 0.15) is 28.8 Å². The van der Waals surface area contributed by atoms with E-state index in [-0.39, 0.29) is 6.17 Å². The number of nitrogens with zero attached hydrogens (tertiary/aromatic N) is 5. The molecule has 1 unspecified atom stereocenters. The van der Waals surface area contributed by atoms with E-state index in [1.165, 1.54) is 244 Å². The molecule has 5 heterocycles. The summed E-state index contributed by atoms with van der Waals surface area (Å²) < 4.78 is 0. The standard InChI is InChI=1S/C87H118N8/c1-9-15-21-27-33-39-66-56-74-75(57-67(66)40-34-28-22-16-10-2)84-91-82(74)89-80-72-54-53-65(52-51-64-49-47-63(48-50-64)46-45-62(7)8)55-73(72)81(88-80)90-83-76-58-68(41-35-29-23-17-11-3)69(42-36-30-24-18-12-4)59-77(76)85(92-83)94-87-79-61-71(44-38-32-26-20-14-6)70(43-37-31-25-19-13-5)60-78(79)86(93-84)95-87/h47-50,53-62,86,91,93H,9-46H2,1-8H3,(H,88,89,90,92,94,95). The Kier molecular flexibility index (Phi) is 27.7. The number of nitrogens with one attached hydrogen (secondary N) is 3. The molecule has 95 heavy (non-hydrogen) atoms. The molecular formula is C87H118N8. The zero-order chi connectivity index (χ0) is 66.1. The van der Waals surface area contributed by atoms with Crippen LogP contribution in [0.1, 0.15) is 333 Å². The van der Waals surface area contributed by atoms with E-state index in [2.05, 4.69) is 161 Å².